The van der Waals surface area contributed by atoms with E-state index in [0.717, 1.165) is 52.1 Å². The van der Waals surface area contributed by atoms with Crippen molar-refractivity contribution in [3.8, 4) is 0 Å². The molecule has 1 N–H and O–H groups in total. The highest BCUT2D eigenvalue weighted by Gasteiger charge is 2.31. The molecule has 4 saturated heterocycles. The van der Waals surface area contributed by atoms with Crippen LogP contribution in [0.15, 0.2) is 12.3 Å². The molecule has 5 heterocycles. The highest BCUT2D eigenvalue weighted by molar-refractivity contribution is 6.33. The number of pyridine rings is 1. The Bertz CT molecular complexity index is 626. The third kappa shape index (κ3) is 3.76. The van der Waals surface area contributed by atoms with Crippen molar-refractivity contribution in [3.63, 3.8) is 0 Å². The average Bonchev–Trinajstić information content (AvgIpc) is 2.68. The molecular formula is C18H26ClN5O. The smallest absolute Gasteiger partial charge is 0.255 e. The van der Waals surface area contributed by atoms with Crippen molar-refractivity contribution in [2.45, 2.75) is 25.3 Å². The fourth-order valence-electron chi connectivity index (χ4n) is 4.10. The normalized spacial score (nSPS) is 28.8. The Morgan fingerprint density at radius 1 is 1.16 bits per heavy atom. The summed E-state index contributed by atoms with van der Waals surface area (Å²) in [6.07, 6.45) is 5.03. The number of nitrogens with one attached hydrogen (secondary N) is 1. The number of piperidine rings is 1. The second-order valence-electron chi connectivity index (χ2n) is 7.28. The lowest BCUT2D eigenvalue weighted by Crippen LogP contribution is -2.62. The van der Waals surface area contributed by atoms with Crippen LogP contribution in [-0.4, -0.2) is 84.0 Å². The third-order valence-corrected chi connectivity index (χ3v) is 5.92. The molecule has 25 heavy (non-hydrogen) atoms. The van der Waals surface area contributed by atoms with Crippen molar-refractivity contribution < 1.29 is 4.79 Å². The van der Waals surface area contributed by atoms with Gasteiger partial charge in [0, 0.05) is 64.6 Å². The Morgan fingerprint density at radius 3 is 2.56 bits per heavy atom. The number of fused-ring (bicyclic) bond motifs is 3. The number of hydrogen-bond donors (Lipinski definition) is 1. The van der Waals surface area contributed by atoms with Crippen LogP contribution in [0.5, 0.6) is 0 Å². The number of halogens is 1. The second-order valence-corrected chi connectivity index (χ2v) is 7.69. The van der Waals surface area contributed by atoms with Crippen LogP contribution >= 0.6 is 11.6 Å². The summed E-state index contributed by atoms with van der Waals surface area (Å²) in [5.74, 6) is 0.721. The van der Waals surface area contributed by atoms with Crippen molar-refractivity contribution >= 4 is 23.3 Å². The summed E-state index contributed by atoms with van der Waals surface area (Å²) in [4.78, 5) is 23.9. The van der Waals surface area contributed by atoms with Gasteiger partial charge in [-0.3, -0.25) is 14.6 Å². The summed E-state index contributed by atoms with van der Waals surface area (Å²) in [7, 11) is 0. The lowest BCUT2D eigenvalue weighted by Gasteiger charge is -2.47. The first-order chi connectivity index (χ1) is 12.2. The molecule has 0 radical (unpaired) electrons. The zero-order valence-electron chi connectivity index (χ0n) is 14.6. The molecule has 7 heteroatoms. The number of amides is 1. The average molecular weight is 364 g/mol. The summed E-state index contributed by atoms with van der Waals surface area (Å²) in [6, 6.07) is 2.26. The van der Waals surface area contributed by atoms with Gasteiger partial charge in [0.25, 0.3) is 5.91 Å². The summed E-state index contributed by atoms with van der Waals surface area (Å²) in [5.41, 5.74) is 0.587. The molecule has 0 spiro atoms. The molecule has 1 unspecified atom stereocenters. The quantitative estimate of drug-likeness (QED) is 0.883. The van der Waals surface area contributed by atoms with Gasteiger partial charge in [0.05, 0.1) is 10.6 Å². The molecule has 0 aliphatic carbocycles. The molecule has 4 aliphatic heterocycles. The molecule has 5 rings (SSSR count). The van der Waals surface area contributed by atoms with E-state index in [1.807, 2.05) is 4.90 Å². The predicted molar refractivity (Wildman–Crippen MR) is 99.3 cm³/mol. The zero-order valence-corrected chi connectivity index (χ0v) is 15.3. The molecule has 4 fully saturated rings. The van der Waals surface area contributed by atoms with Crippen molar-refractivity contribution in [2.75, 3.05) is 57.7 Å². The van der Waals surface area contributed by atoms with Gasteiger partial charge in [-0.2, -0.15) is 0 Å². The molecule has 0 saturated carbocycles. The zero-order chi connectivity index (χ0) is 17.2. The largest absolute Gasteiger partial charge is 0.367 e. The van der Waals surface area contributed by atoms with Crippen LogP contribution in [0.4, 0.5) is 5.82 Å². The Kier molecular flexibility index (Phi) is 5.10. The number of aromatic nitrogens is 1. The molecule has 4 aliphatic rings. The number of rotatable bonds is 4. The van der Waals surface area contributed by atoms with Crippen molar-refractivity contribution in [2.24, 2.45) is 0 Å². The van der Waals surface area contributed by atoms with Crippen LogP contribution in [0.2, 0.25) is 5.02 Å². The minimum Gasteiger partial charge on any atom is -0.367 e. The van der Waals surface area contributed by atoms with Crippen LogP contribution in [0.25, 0.3) is 0 Å². The van der Waals surface area contributed by atoms with Crippen LogP contribution in [0, 0.1) is 0 Å². The maximum Gasteiger partial charge on any atom is 0.255 e. The van der Waals surface area contributed by atoms with E-state index in [1.165, 1.54) is 19.5 Å². The van der Waals surface area contributed by atoms with Crippen molar-refractivity contribution in [1.82, 2.24) is 19.7 Å². The Hall–Kier alpha value is -1.37. The summed E-state index contributed by atoms with van der Waals surface area (Å²) in [6.45, 7) is 8.28. The monoisotopic (exact) mass is 363 g/mol. The van der Waals surface area contributed by atoms with E-state index in [1.54, 1.807) is 12.3 Å². The van der Waals surface area contributed by atoms with Gasteiger partial charge in [0.1, 0.15) is 5.82 Å². The number of anilines is 1. The highest BCUT2D eigenvalue weighted by atomic mass is 35.5. The van der Waals surface area contributed by atoms with Crippen LogP contribution in [0.1, 0.15) is 29.6 Å². The van der Waals surface area contributed by atoms with E-state index in [-0.39, 0.29) is 5.91 Å². The first-order valence-corrected chi connectivity index (χ1v) is 9.73. The van der Waals surface area contributed by atoms with Gasteiger partial charge < -0.3 is 10.2 Å². The van der Waals surface area contributed by atoms with Crippen LogP contribution in [-0.2, 0) is 0 Å². The summed E-state index contributed by atoms with van der Waals surface area (Å²) >= 11 is 6.39. The Morgan fingerprint density at radius 2 is 1.92 bits per heavy atom. The van der Waals surface area contributed by atoms with Gasteiger partial charge in [-0.1, -0.05) is 11.6 Å². The first kappa shape index (κ1) is 17.1. The van der Waals surface area contributed by atoms with Crippen LogP contribution < -0.4 is 5.32 Å². The van der Waals surface area contributed by atoms with Crippen molar-refractivity contribution in [1.29, 1.82) is 0 Å². The van der Waals surface area contributed by atoms with Gasteiger partial charge in [-0.05, 0) is 25.3 Å². The number of carbonyl (C=O) groups is 1. The number of carbonyl (C=O) groups excluding carboxylic acids is 1. The molecule has 1 amide bonds. The van der Waals surface area contributed by atoms with Crippen LogP contribution in [0.3, 0.4) is 0 Å². The van der Waals surface area contributed by atoms with E-state index >= 15 is 0 Å². The minimum absolute atomic E-state index is 0.0455. The molecule has 1 aromatic rings. The van der Waals surface area contributed by atoms with E-state index in [0.29, 0.717) is 22.4 Å². The molecule has 1 aromatic heterocycles. The molecular weight excluding hydrogens is 338 g/mol. The molecule has 6 nitrogen and oxygen atoms in total. The van der Waals surface area contributed by atoms with Gasteiger partial charge in [0.2, 0.25) is 0 Å². The third-order valence-electron chi connectivity index (χ3n) is 5.63. The number of piperazine rings is 3. The van der Waals surface area contributed by atoms with Gasteiger partial charge in [-0.25, -0.2) is 4.98 Å². The topological polar surface area (TPSA) is 51.7 Å². The fourth-order valence-corrected chi connectivity index (χ4v) is 4.33. The van der Waals surface area contributed by atoms with Gasteiger partial charge >= 0.3 is 0 Å². The maximum absolute atomic E-state index is 12.5. The molecule has 1 atom stereocenters. The van der Waals surface area contributed by atoms with E-state index in [2.05, 4.69) is 20.1 Å². The van der Waals surface area contributed by atoms with E-state index < -0.39 is 0 Å². The highest BCUT2D eigenvalue weighted by Crippen LogP contribution is 2.23. The lowest BCUT2D eigenvalue weighted by atomic mass is 10.1. The van der Waals surface area contributed by atoms with Gasteiger partial charge in [0.15, 0.2) is 0 Å². The maximum atomic E-state index is 12.5. The van der Waals surface area contributed by atoms with E-state index in [4.69, 9.17) is 11.6 Å². The first-order valence-electron chi connectivity index (χ1n) is 9.36. The Labute approximate surface area is 154 Å². The number of nitrogens with zero attached hydrogens (tertiary/aromatic N) is 4. The Balaban J connectivity index is 1.37. The summed E-state index contributed by atoms with van der Waals surface area (Å²) < 4.78 is 0. The standard InChI is InChI=1S/C18H26ClN5O/c19-16-10-14(18(25)24-4-2-1-3-5-24)11-20-17(16)21-12-15-13-22-6-8-23(15)9-7-22/h10-11,15H,1-9,12-13H2,(H,20,21). The molecule has 136 valence electrons. The minimum atomic E-state index is 0.0455. The number of hydrogen-bond acceptors (Lipinski definition) is 5. The fraction of sp³-hybridized carbons (Fsp3) is 0.667. The predicted octanol–water partition coefficient (Wildman–Crippen LogP) is 1.77. The molecule has 0 aromatic carbocycles. The second kappa shape index (κ2) is 7.48. The van der Waals surface area contributed by atoms with Gasteiger partial charge in [-0.15, -0.1) is 0 Å². The molecule has 2 bridgehead atoms. The van der Waals surface area contributed by atoms with Crippen molar-refractivity contribution in [3.05, 3.63) is 22.8 Å². The number of likely N-dealkylation sites (tertiary alicyclic amines) is 1. The lowest BCUT2D eigenvalue weighted by molar-refractivity contribution is 0.0189. The SMILES string of the molecule is O=C(c1cnc(NCC2CN3CCN2CC3)c(Cl)c1)N1CCCCC1. The summed E-state index contributed by atoms with van der Waals surface area (Å²) in [5, 5.41) is 3.90. The van der Waals surface area contributed by atoms with E-state index in [9.17, 15) is 4.79 Å².